The summed E-state index contributed by atoms with van der Waals surface area (Å²) in [6, 6.07) is 3.76. The van der Waals surface area contributed by atoms with Crippen LogP contribution in [0.1, 0.15) is 5.56 Å². The van der Waals surface area contributed by atoms with Crippen molar-refractivity contribution in [2.45, 2.75) is 12.5 Å². The van der Waals surface area contributed by atoms with Crippen molar-refractivity contribution >= 4 is 5.91 Å². The molecule has 0 spiro atoms. The summed E-state index contributed by atoms with van der Waals surface area (Å²) in [4.78, 5) is 15.4. The zero-order valence-electron chi connectivity index (χ0n) is 7.86. The smallest absolute Gasteiger partial charge is 0.237 e. The summed E-state index contributed by atoms with van der Waals surface area (Å²) in [5, 5.41) is 6.01. The van der Waals surface area contributed by atoms with Crippen LogP contribution in [0.25, 0.3) is 0 Å². The van der Waals surface area contributed by atoms with Crippen molar-refractivity contribution in [2.75, 3.05) is 13.1 Å². The first-order valence-corrected chi connectivity index (χ1v) is 4.76. The van der Waals surface area contributed by atoms with Crippen LogP contribution in [0.3, 0.4) is 0 Å². The highest BCUT2D eigenvalue weighted by molar-refractivity contribution is 5.82. The Morgan fingerprint density at radius 2 is 2.43 bits per heavy atom. The molecule has 14 heavy (non-hydrogen) atoms. The second-order valence-corrected chi connectivity index (χ2v) is 3.36. The lowest BCUT2D eigenvalue weighted by molar-refractivity contribution is -0.124. The fraction of sp³-hybridized carbons (Fsp3) is 0.400. The van der Waals surface area contributed by atoms with Gasteiger partial charge in [0.25, 0.3) is 0 Å². The summed E-state index contributed by atoms with van der Waals surface area (Å²) in [6.07, 6.45) is 4.24. The van der Waals surface area contributed by atoms with E-state index in [2.05, 4.69) is 15.6 Å². The van der Waals surface area contributed by atoms with Gasteiger partial charge in [-0.1, -0.05) is 6.07 Å². The molecular weight excluding hydrogens is 178 g/mol. The third-order valence-electron chi connectivity index (χ3n) is 2.29. The quantitative estimate of drug-likeness (QED) is 0.675. The number of nitrogens with zero attached hydrogens (tertiary/aromatic N) is 1. The molecule has 1 aliphatic heterocycles. The van der Waals surface area contributed by atoms with Crippen molar-refractivity contribution in [3.05, 3.63) is 30.1 Å². The molecule has 1 atom stereocenters. The molecule has 2 rings (SSSR count). The van der Waals surface area contributed by atoms with Gasteiger partial charge in [0.15, 0.2) is 0 Å². The van der Waals surface area contributed by atoms with Gasteiger partial charge in [0.05, 0.1) is 6.04 Å². The number of carbonyl (C=O) groups excluding carboxylic acids is 1. The minimum Gasteiger partial charge on any atom is -0.353 e. The second kappa shape index (κ2) is 4.19. The van der Waals surface area contributed by atoms with E-state index in [1.807, 2.05) is 12.1 Å². The highest BCUT2D eigenvalue weighted by atomic mass is 16.2. The van der Waals surface area contributed by atoms with E-state index >= 15 is 0 Å². The van der Waals surface area contributed by atoms with E-state index in [4.69, 9.17) is 0 Å². The van der Waals surface area contributed by atoms with E-state index in [-0.39, 0.29) is 11.9 Å². The predicted octanol–water partition coefficient (Wildman–Crippen LogP) is -0.288. The topological polar surface area (TPSA) is 54.0 Å². The van der Waals surface area contributed by atoms with Crippen LogP contribution in [0.4, 0.5) is 0 Å². The number of aromatic nitrogens is 1. The second-order valence-electron chi connectivity index (χ2n) is 3.36. The number of hydrogen-bond donors (Lipinski definition) is 2. The Bertz CT molecular complexity index is 312. The molecule has 0 aliphatic carbocycles. The Hall–Kier alpha value is -1.42. The zero-order chi connectivity index (χ0) is 9.80. The summed E-state index contributed by atoms with van der Waals surface area (Å²) in [6.45, 7) is 1.57. The molecule has 74 valence electrons. The maximum atomic E-state index is 11.4. The summed E-state index contributed by atoms with van der Waals surface area (Å²) in [5.41, 5.74) is 1.09. The molecule has 0 aromatic carbocycles. The third-order valence-corrected chi connectivity index (χ3v) is 2.29. The van der Waals surface area contributed by atoms with Gasteiger partial charge in [-0.15, -0.1) is 0 Å². The first-order chi connectivity index (χ1) is 6.86. The molecule has 0 bridgehead atoms. The van der Waals surface area contributed by atoms with Gasteiger partial charge in [0.1, 0.15) is 0 Å². The monoisotopic (exact) mass is 191 g/mol. The fourth-order valence-corrected chi connectivity index (χ4v) is 1.57. The number of amides is 1. The van der Waals surface area contributed by atoms with E-state index in [1.165, 1.54) is 0 Å². The van der Waals surface area contributed by atoms with Gasteiger partial charge in [-0.25, -0.2) is 0 Å². The van der Waals surface area contributed by atoms with Gasteiger partial charge >= 0.3 is 0 Å². The molecule has 1 aliphatic rings. The summed E-state index contributed by atoms with van der Waals surface area (Å²) >= 11 is 0. The Balaban J connectivity index is 2.00. The predicted molar refractivity (Wildman–Crippen MR) is 52.7 cm³/mol. The number of hydrogen-bond acceptors (Lipinski definition) is 3. The van der Waals surface area contributed by atoms with Gasteiger partial charge in [0.2, 0.25) is 5.91 Å². The molecule has 1 amide bonds. The Kier molecular flexibility index (Phi) is 2.74. The maximum Gasteiger partial charge on any atom is 0.237 e. The molecule has 4 heteroatoms. The van der Waals surface area contributed by atoms with Gasteiger partial charge in [0, 0.05) is 25.5 Å². The number of pyridine rings is 1. The van der Waals surface area contributed by atoms with Crippen molar-refractivity contribution in [1.29, 1.82) is 0 Å². The van der Waals surface area contributed by atoms with E-state index < -0.39 is 0 Å². The van der Waals surface area contributed by atoms with Crippen LogP contribution < -0.4 is 10.6 Å². The molecule has 0 saturated carbocycles. The minimum absolute atomic E-state index is 0.0834. The molecule has 0 radical (unpaired) electrons. The number of piperazine rings is 1. The van der Waals surface area contributed by atoms with Crippen molar-refractivity contribution in [2.24, 2.45) is 0 Å². The lowest BCUT2D eigenvalue weighted by Gasteiger charge is -2.23. The minimum atomic E-state index is -0.104. The molecule has 1 aromatic rings. The Morgan fingerprint density at radius 1 is 1.50 bits per heavy atom. The molecule has 1 fully saturated rings. The number of carbonyl (C=O) groups is 1. The maximum absolute atomic E-state index is 11.4. The highest BCUT2D eigenvalue weighted by Gasteiger charge is 2.21. The molecule has 1 aromatic heterocycles. The first-order valence-electron chi connectivity index (χ1n) is 4.76. The number of rotatable bonds is 2. The van der Waals surface area contributed by atoms with E-state index in [9.17, 15) is 4.79 Å². The fourth-order valence-electron chi connectivity index (χ4n) is 1.57. The number of nitrogens with one attached hydrogen (secondary N) is 2. The third kappa shape index (κ3) is 2.09. The summed E-state index contributed by atoms with van der Waals surface area (Å²) < 4.78 is 0. The van der Waals surface area contributed by atoms with Crippen LogP contribution in [0.5, 0.6) is 0 Å². The van der Waals surface area contributed by atoms with Crippen LogP contribution in [0.2, 0.25) is 0 Å². The average molecular weight is 191 g/mol. The van der Waals surface area contributed by atoms with Crippen LogP contribution in [0, 0.1) is 0 Å². The SMILES string of the molecule is O=C1NCCN[C@@H]1Cc1cccnc1. The summed E-state index contributed by atoms with van der Waals surface area (Å²) in [5.74, 6) is 0.0834. The van der Waals surface area contributed by atoms with Gasteiger partial charge in [-0.3, -0.25) is 9.78 Å². The first kappa shape index (κ1) is 9.15. The van der Waals surface area contributed by atoms with Crippen molar-refractivity contribution in [1.82, 2.24) is 15.6 Å². The van der Waals surface area contributed by atoms with Gasteiger partial charge in [-0.05, 0) is 18.1 Å². The van der Waals surface area contributed by atoms with Crippen molar-refractivity contribution in [3.63, 3.8) is 0 Å². The summed E-state index contributed by atoms with van der Waals surface area (Å²) in [7, 11) is 0. The van der Waals surface area contributed by atoms with Crippen molar-refractivity contribution < 1.29 is 4.79 Å². The molecule has 0 unspecified atom stereocenters. The van der Waals surface area contributed by atoms with Crippen LogP contribution >= 0.6 is 0 Å². The molecular formula is C10H13N3O. The Morgan fingerprint density at radius 3 is 3.14 bits per heavy atom. The van der Waals surface area contributed by atoms with Crippen LogP contribution in [0.15, 0.2) is 24.5 Å². The van der Waals surface area contributed by atoms with Crippen LogP contribution in [-0.4, -0.2) is 30.0 Å². The van der Waals surface area contributed by atoms with E-state index in [0.717, 1.165) is 18.7 Å². The van der Waals surface area contributed by atoms with Gasteiger partial charge < -0.3 is 10.6 Å². The lowest BCUT2D eigenvalue weighted by Crippen LogP contribution is -2.53. The Labute approximate surface area is 82.7 Å². The molecule has 4 nitrogen and oxygen atoms in total. The molecule has 1 saturated heterocycles. The largest absolute Gasteiger partial charge is 0.353 e. The zero-order valence-corrected chi connectivity index (χ0v) is 7.86. The van der Waals surface area contributed by atoms with Gasteiger partial charge in [-0.2, -0.15) is 0 Å². The van der Waals surface area contributed by atoms with Crippen molar-refractivity contribution in [3.8, 4) is 0 Å². The van der Waals surface area contributed by atoms with E-state index in [0.29, 0.717) is 6.42 Å². The lowest BCUT2D eigenvalue weighted by atomic mass is 10.1. The van der Waals surface area contributed by atoms with Crippen LogP contribution in [-0.2, 0) is 11.2 Å². The highest BCUT2D eigenvalue weighted by Crippen LogP contribution is 2.02. The normalized spacial score (nSPS) is 21.7. The average Bonchev–Trinajstić information content (AvgIpc) is 2.23. The standard InChI is InChI=1S/C10H13N3O/c14-10-9(12-4-5-13-10)6-8-2-1-3-11-7-8/h1-3,7,9,12H,4-6H2,(H,13,14)/t9-/m1/s1. The molecule has 2 heterocycles. The van der Waals surface area contributed by atoms with E-state index in [1.54, 1.807) is 12.4 Å². The molecule has 2 N–H and O–H groups in total.